The van der Waals surface area contributed by atoms with Gasteiger partial charge in [-0.25, -0.2) is 19.6 Å². The van der Waals surface area contributed by atoms with Gasteiger partial charge in [0.15, 0.2) is 17.3 Å². The molecule has 1 aliphatic carbocycles. The fourth-order valence-electron chi connectivity index (χ4n) is 5.81. The third kappa shape index (κ3) is 4.47. The van der Waals surface area contributed by atoms with Gasteiger partial charge in [0, 0.05) is 43.1 Å². The van der Waals surface area contributed by atoms with Crippen LogP contribution in [0.15, 0.2) is 84.8 Å². The number of piperidine rings is 1. The van der Waals surface area contributed by atoms with Crippen LogP contribution in [0.1, 0.15) is 30.4 Å². The summed E-state index contributed by atoms with van der Waals surface area (Å²) in [6, 6.07) is 16.2. The molecule has 10 nitrogen and oxygen atoms in total. The number of nitrogen functional groups attached to an aromatic ring is 1. The van der Waals surface area contributed by atoms with Gasteiger partial charge in [0.25, 0.3) is 0 Å². The number of benzene rings is 1. The van der Waals surface area contributed by atoms with Crippen LogP contribution in [0.3, 0.4) is 0 Å². The number of carbonyl (C=O) groups is 1. The molecule has 0 unspecified atom stereocenters. The topological polar surface area (TPSA) is 120 Å². The molecule has 1 amide bonds. The molecule has 5 heterocycles. The molecule has 41 heavy (non-hydrogen) atoms. The first kappa shape index (κ1) is 24.9. The number of nitrogens with two attached hydrogens (primary N) is 1. The molecule has 1 fully saturated rings. The summed E-state index contributed by atoms with van der Waals surface area (Å²) in [6.07, 6.45) is 10.2. The van der Waals surface area contributed by atoms with E-state index in [1.807, 2.05) is 41.4 Å². The molecular formula is C31H29N9O. The summed E-state index contributed by atoms with van der Waals surface area (Å²) < 4.78 is 3.79. The van der Waals surface area contributed by atoms with E-state index in [2.05, 4.69) is 39.4 Å². The van der Waals surface area contributed by atoms with Crippen LogP contribution in [0, 0.1) is 0 Å². The zero-order chi connectivity index (χ0) is 27.9. The van der Waals surface area contributed by atoms with Crippen molar-refractivity contribution in [1.29, 1.82) is 0 Å². The quantitative estimate of drug-likeness (QED) is 0.332. The Balaban J connectivity index is 1.28. The summed E-state index contributed by atoms with van der Waals surface area (Å²) in [5.41, 5.74) is 13.1. The molecule has 0 atom stereocenters. The van der Waals surface area contributed by atoms with Crippen molar-refractivity contribution in [1.82, 2.24) is 34.2 Å². The summed E-state index contributed by atoms with van der Waals surface area (Å²) in [4.78, 5) is 33.2. The maximum Gasteiger partial charge on any atom is 0.245 e. The molecule has 5 aromatic rings. The first-order valence-corrected chi connectivity index (χ1v) is 13.8. The number of likely N-dealkylation sites (tertiary alicyclic amines) is 1. The van der Waals surface area contributed by atoms with E-state index in [4.69, 9.17) is 20.7 Å². The second-order valence-electron chi connectivity index (χ2n) is 10.3. The molecule has 1 aromatic carbocycles. The van der Waals surface area contributed by atoms with E-state index in [1.165, 1.54) is 17.2 Å². The summed E-state index contributed by atoms with van der Waals surface area (Å²) in [5, 5.41) is 4.35. The third-order valence-electron chi connectivity index (χ3n) is 7.89. The molecule has 0 saturated carbocycles. The molecule has 1 aliphatic heterocycles. The predicted molar refractivity (Wildman–Crippen MR) is 158 cm³/mol. The minimum absolute atomic E-state index is 0.000475. The lowest BCUT2D eigenvalue weighted by molar-refractivity contribution is -0.126. The van der Waals surface area contributed by atoms with E-state index in [1.54, 1.807) is 17.1 Å². The number of aliphatic imine (C=N–C) groups is 1. The number of pyridine rings is 2. The number of aromatic nitrogens is 6. The summed E-state index contributed by atoms with van der Waals surface area (Å²) in [6.45, 7) is 5.05. The number of anilines is 1. The second-order valence-corrected chi connectivity index (χ2v) is 10.3. The van der Waals surface area contributed by atoms with Crippen LogP contribution in [0.25, 0.3) is 34.1 Å². The Hall–Kier alpha value is -5.12. The van der Waals surface area contributed by atoms with Gasteiger partial charge in [-0.2, -0.15) is 5.10 Å². The highest BCUT2D eigenvalue weighted by Gasteiger charge is 2.25. The molecule has 7 rings (SSSR count). The molecule has 0 radical (unpaired) electrons. The number of nitrogens with zero attached hydrogens (tertiary/aromatic N) is 8. The van der Waals surface area contributed by atoms with Crippen LogP contribution < -0.4 is 5.73 Å². The first-order chi connectivity index (χ1) is 20.1. The maximum atomic E-state index is 12.0. The lowest BCUT2D eigenvalue weighted by Crippen LogP contribution is -2.38. The highest BCUT2D eigenvalue weighted by Crippen LogP contribution is 2.33. The average molecular weight is 544 g/mol. The largest absolute Gasteiger partial charge is 0.383 e. The van der Waals surface area contributed by atoms with Gasteiger partial charge in [0.05, 0.1) is 11.6 Å². The Morgan fingerprint density at radius 1 is 1.02 bits per heavy atom. The Morgan fingerprint density at radius 2 is 1.90 bits per heavy atom. The number of rotatable bonds is 5. The van der Waals surface area contributed by atoms with Gasteiger partial charge < -0.3 is 10.6 Å². The van der Waals surface area contributed by atoms with Gasteiger partial charge in [-0.15, -0.1) is 0 Å². The van der Waals surface area contributed by atoms with Crippen LogP contribution >= 0.6 is 0 Å². The van der Waals surface area contributed by atoms with E-state index >= 15 is 0 Å². The van der Waals surface area contributed by atoms with Crippen molar-refractivity contribution in [3.8, 4) is 22.9 Å². The molecule has 2 N–H and O–H groups in total. The van der Waals surface area contributed by atoms with E-state index in [9.17, 15) is 4.79 Å². The van der Waals surface area contributed by atoms with Gasteiger partial charge in [-0.05, 0) is 85.4 Å². The van der Waals surface area contributed by atoms with Crippen molar-refractivity contribution in [2.24, 2.45) is 4.99 Å². The number of fused-ring (bicyclic) bond motifs is 2. The van der Waals surface area contributed by atoms with Crippen LogP contribution in [-0.2, 0) is 11.2 Å². The second kappa shape index (κ2) is 10.1. The summed E-state index contributed by atoms with van der Waals surface area (Å²) in [5.74, 6) is 1.79. The van der Waals surface area contributed by atoms with Crippen molar-refractivity contribution in [3.63, 3.8) is 0 Å². The van der Waals surface area contributed by atoms with Gasteiger partial charge in [-0.1, -0.05) is 12.6 Å². The molecule has 10 heteroatoms. The molecule has 0 spiro atoms. The van der Waals surface area contributed by atoms with Gasteiger partial charge >= 0.3 is 0 Å². The van der Waals surface area contributed by atoms with Crippen LogP contribution in [0.4, 0.5) is 5.82 Å². The number of hydrogen-bond acceptors (Lipinski definition) is 7. The zero-order valence-electron chi connectivity index (χ0n) is 22.5. The first-order valence-electron chi connectivity index (χ1n) is 13.8. The molecular weight excluding hydrogens is 514 g/mol. The molecule has 204 valence electrons. The van der Waals surface area contributed by atoms with Gasteiger partial charge in [0.2, 0.25) is 5.91 Å². The lowest BCUT2D eigenvalue weighted by Gasteiger charge is -2.29. The van der Waals surface area contributed by atoms with E-state index < -0.39 is 0 Å². The van der Waals surface area contributed by atoms with Crippen molar-refractivity contribution in [2.75, 3.05) is 18.8 Å². The Labute approximate surface area is 236 Å². The minimum Gasteiger partial charge on any atom is -0.383 e. The summed E-state index contributed by atoms with van der Waals surface area (Å²) >= 11 is 0. The average Bonchev–Trinajstić information content (AvgIpc) is 3.76. The van der Waals surface area contributed by atoms with E-state index in [0.717, 1.165) is 61.3 Å². The van der Waals surface area contributed by atoms with Crippen molar-refractivity contribution >= 4 is 28.6 Å². The van der Waals surface area contributed by atoms with Crippen LogP contribution in [-0.4, -0.2) is 64.9 Å². The number of aryl methyl sites for hydroxylation is 1. The standard InChI is InChI=1S/C31H29N9O/c1-2-28(41)38-17-12-21(13-18-38)35-25-9-6-20-19-22(7-8-23(20)25)40-30(24-5-3-14-33-29(24)32)36-26-10-11-27(37-31(26)40)39-16-4-15-34-39/h2-5,7-8,10-11,14-16,19,21H,1,6,9,12-13,17-18H2,(H2,32,33). The van der Waals surface area contributed by atoms with Crippen molar-refractivity contribution in [3.05, 3.63) is 90.9 Å². The smallest absolute Gasteiger partial charge is 0.245 e. The SMILES string of the molecule is C=CC(=O)N1CCC(N=C2CCc3cc(-n4c(-c5cccnc5N)nc5ccc(-n6cccn6)nc54)ccc32)CC1. The highest BCUT2D eigenvalue weighted by molar-refractivity contribution is 6.05. The number of carbonyl (C=O) groups excluding carboxylic acids is 1. The normalized spacial score (nSPS) is 16.4. The zero-order valence-corrected chi connectivity index (χ0v) is 22.5. The molecule has 1 saturated heterocycles. The number of imidazole rings is 1. The highest BCUT2D eigenvalue weighted by atomic mass is 16.2. The minimum atomic E-state index is 0.000475. The Bertz CT molecular complexity index is 1810. The molecule has 2 aliphatic rings. The number of amides is 1. The van der Waals surface area contributed by atoms with Gasteiger partial charge in [0.1, 0.15) is 11.3 Å². The molecule has 0 bridgehead atoms. The molecule has 4 aromatic heterocycles. The summed E-state index contributed by atoms with van der Waals surface area (Å²) in [7, 11) is 0. The Morgan fingerprint density at radius 3 is 2.68 bits per heavy atom. The van der Waals surface area contributed by atoms with Crippen LogP contribution in [0.2, 0.25) is 0 Å². The fourth-order valence-corrected chi connectivity index (χ4v) is 5.81. The van der Waals surface area contributed by atoms with E-state index in [0.29, 0.717) is 23.1 Å². The van der Waals surface area contributed by atoms with Crippen molar-refractivity contribution in [2.45, 2.75) is 31.7 Å². The predicted octanol–water partition coefficient (Wildman–Crippen LogP) is 4.16. The number of hydrogen-bond donors (Lipinski definition) is 1. The van der Waals surface area contributed by atoms with E-state index in [-0.39, 0.29) is 11.9 Å². The van der Waals surface area contributed by atoms with Gasteiger partial charge in [-0.3, -0.25) is 14.4 Å². The van der Waals surface area contributed by atoms with Crippen LogP contribution in [0.5, 0.6) is 0 Å². The lowest BCUT2D eigenvalue weighted by atomic mass is 10.0. The Kier molecular flexibility index (Phi) is 6.15. The van der Waals surface area contributed by atoms with Crippen molar-refractivity contribution < 1.29 is 4.79 Å². The monoisotopic (exact) mass is 543 g/mol. The maximum absolute atomic E-state index is 12.0. The fraction of sp³-hybridized carbons (Fsp3) is 0.226. The third-order valence-corrected chi connectivity index (χ3v) is 7.89.